The Morgan fingerprint density at radius 2 is 2.08 bits per heavy atom. The minimum Gasteiger partial charge on any atom is -0.504 e. The highest BCUT2D eigenvalue weighted by molar-refractivity contribution is 5.80. The number of aliphatic hydroxyl groups is 1. The molecule has 0 aliphatic heterocycles. The Morgan fingerprint density at radius 3 is 2.79 bits per heavy atom. The van der Waals surface area contributed by atoms with Gasteiger partial charge in [0.05, 0.1) is 5.60 Å². The van der Waals surface area contributed by atoms with E-state index < -0.39 is 11.2 Å². The molecule has 1 aromatic carbocycles. The summed E-state index contributed by atoms with van der Waals surface area (Å²) in [5.74, 6) is 0.247. The first-order valence-corrected chi connectivity index (χ1v) is 7.70. The molecule has 0 aliphatic carbocycles. The van der Waals surface area contributed by atoms with Crippen LogP contribution < -0.4 is 10.4 Å². The molecular weight excluding hydrogens is 308 g/mol. The summed E-state index contributed by atoms with van der Waals surface area (Å²) in [6.45, 7) is 5.66. The number of allylic oxidation sites excluding steroid dienone is 2. The Morgan fingerprint density at radius 1 is 1.33 bits per heavy atom. The number of hydrogen-bond acceptors (Lipinski definition) is 5. The third-order valence-corrected chi connectivity index (χ3v) is 3.34. The van der Waals surface area contributed by atoms with Crippen LogP contribution in [0.3, 0.4) is 0 Å². The average Bonchev–Trinajstić information content (AvgIpc) is 2.47. The summed E-state index contributed by atoms with van der Waals surface area (Å²) in [5, 5.41) is 20.2. The van der Waals surface area contributed by atoms with Gasteiger partial charge in [-0.25, -0.2) is 4.79 Å². The predicted octanol–water partition coefficient (Wildman–Crippen LogP) is 3.54. The fourth-order valence-electron chi connectivity index (χ4n) is 2.09. The van der Waals surface area contributed by atoms with Gasteiger partial charge in [0.1, 0.15) is 12.2 Å². The lowest BCUT2D eigenvalue weighted by atomic mass is 10.1. The monoisotopic (exact) mass is 330 g/mol. The first-order chi connectivity index (χ1) is 11.2. The summed E-state index contributed by atoms with van der Waals surface area (Å²) in [7, 11) is 0. The van der Waals surface area contributed by atoms with E-state index in [0.717, 1.165) is 5.57 Å². The minimum absolute atomic E-state index is 0.00988. The molecule has 2 rings (SSSR count). The van der Waals surface area contributed by atoms with Crippen LogP contribution in [0, 0.1) is 0 Å². The first-order valence-electron chi connectivity index (χ1n) is 7.70. The van der Waals surface area contributed by atoms with Gasteiger partial charge in [0, 0.05) is 17.5 Å². The number of hydrogen-bond donors (Lipinski definition) is 2. The highest BCUT2D eigenvalue weighted by Gasteiger charge is 2.07. The van der Waals surface area contributed by atoms with Crippen molar-refractivity contribution >= 4 is 11.0 Å². The Balaban J connectivity index is 2.02. The van der Waals surface area contributed by atoms with Crippen molar-refractivity contribution in [2.45, 2.75) is 32.8 Å². The normalized spacial score (nSPS) is 12.9. The molecule has 0 saturated heterocycles. The maximum atomic E-state index is 11.3. The smallest absolute Gasteiger partial charge is 0.336 e. The summed E-state index contributed by atoms with van der Waals surface area (Å²) >= 11 is 0. The van der Waals surface area contributed by atoms with E-state index in [9.17, 15) is 15.0 Å². The van der Waals surface area contributed by atoms with Crippen molar-refractivity contribution in [2.24, 2.45) is 0 Å². The summed E-state index contributed by atoms with van der Waals surface area (Å²) in [6, 6.07) is 5.89. The van der Waals surface area contributed by atoms with Gasteiger partial charge in [-0.05, 0) is 45.4 Å². The maximum absolute atomic E-state index is 11.3. The highest BCUT2D eigenvalue weighted by Crippen LogP contribution is 2.30. The molecule has 0 spiro atoms. The molecule has 0 bridgehead atoms. The molecule has 0 radical (unpaired) electrons. The first kappa shape index (κ1) is 17.8. The van der Waals surface area contributed by atoms with Crippen LogP contribution in [0.15, 0.2) is 57.3 Å². The van der Waals surface area contributed by atoms with Gasteiger partial charge in [-0.1, -0.05) is 17.7 Å². The summed E-state index contributed by atoms with van der Waals surface area (Å²) in [5.41, 5.74) is 0.164. The molecule has 1 heterocycles. The average molecular weight is 330 g/mol. The number of phenols is 1. The molecule has 2 N–H and O–H groups in total. The lowest BCUT2D eigenvalue weighted by molar-refractivity contribution is 0.133. The third kappa shape index (κ3) is 5.28. The molecule has 0 aliphatic rings. The van der Waals surface area contributed by atoms with Crippen LogP contribution in [0.4, 0.5) is 0 Å². The Bertz CT molecular complexity index is 822. The maximum Gasteiger partial charge on any atom is 0.336 e. The van der Waals surface area contributed by atoms with Crippen LogP contribution in [0.25, 0.3) is 11.0 Å². The number of benzene rings is 1. The fraction of sp³-hybridized carbons (Fsp3) is 0.316. The van der Waals surface area contributed by atoms with Crippen LogP contribution in [0.2, 0.25) is 0 Å². The van der Waals surface area contributed by atoms with E-state index in [0.29, 0.717) is 17.4 Å². The molecule has 128 valence electrons. The molecule has 2 aromatic rings. The summed E-state index contributed by atoms with van der Waals surface area (Å²) in [6.07, 6.45) is 6.22. The van der Waals surface area contributed by atoms with Crippen molar-refractivity contribution in [2.75, 3.05) is 6.61 Å². The van der Waals surface area contributed by atoms with Crippen molar-refractivity contribution in [3.05, 3.63) is 58.5 Å². The van der Waals surface area contributed by atoms with Crippen LogP contribution in [-0.4, -0.2) is 22.4 Å². The largest absolute Gasteiger partial charge is 0.504 e. The van der Waals surface area contributed by atoms with E-state index in [4.69, 9.17) is 9.15 Å². The molecule has 0 saturated carbocycles. The van der Waals surface area contributed by atoms with Gasteiger partial charge in [0.2, 0.25) is 0 Å². The minimum atomic E-state index is -0.822. The SMILES string of the molecule is C/C(=C\COc1cc2oc(=O)ccc2cc1O)C/C=C/C(C)(C)O. The molecule has 5 heteroatoms. The topological polar surface area (TPSA) is 79.9 Å². The molecule has 0 atom stereocenters. The van der Waals surface area contributed by atoms with Crippen LogP contribution >= 0.6 is 0 Å². The van der Waals surface area contributed by atoms with E-state index in [2.05, 4.69) is 0 Å². The van der Waals surface area contributed by atoms with Gasteiger partial charge in [-0.3, -0.25) is 0 Å². The molecule has 0 fully saturated rings. The Hall–Kier alpha value is -2.53. The second-order valence-corrected chi connectivity index (χ2v) is 6.23. The van der Waals surface area contributed by atoms with Crippen LogP contribution in [0.5, 0.6) is 11.5 Å². The van der Waals surface area contributed by atoms with Crippen LogP contribution in [-0.2, 0) is 0 Å². The van der Waals surface area contributed by atoms with Gasteiger partial charge in [0.15, 0.2) is 11.5 Å². The number of phenolic OH excluding ortho intramolecular Hbond substituents is 1. The van der Waals surface area contributed by atoms with Crippen molar-refractivity contribution in [3.63, 3.8) is 0 Å². The Kier molecular flexibility index (Phi) is 5.46. The molecule has 0 amide bonds. The number of aromatic hydroxyl groups is 1. The molecule has 1 aromatic heterocycles. The van der Waals surface area contributed by atoms with E-state index >= 15 is 0 Å². The summed E-state index contributed by atoms with van der Waals surface area (Å²) < 4.78 is 10.6. The lowest BCUT2D eigenvalue weighted by Crippen LogP contribution is -2.13. The van der Waals surface area contributed by atoms with Gasteiger partial charge in [-0.2, -0.15) is 0 Å². The molecule has 24 heavy (non-hydrogen) atoms. The molecule has 0 unspecified atom stereocenters. The zero-order chi connectivity index (χ0) is 17.7. The quantitative estimate of drug-likeness (QED) is 0.625. The molecular formula is C19H22O5. The molecule has 5 nitrogen and oxygen atoms in total. The number of fused-ring (bicyclic) bond motifs is 1. The van der Waals surface area contributed by atoms with Crippen molar-refractivity contribution in [1.82, 2.24) is 0 Å². The van der Waals surface area contributed by atoms with Gasteiger partial charge in [-0.15, -0.1) is 0 Å². The van der Waals surface area contributed by atoms with Crippen molar-refractivity contribution in [1.29, 1.82) is 0 Å². The van der Waals surface area contributed by atoms with Gasteiger partial charge in [0.25, 0.3) is 0 Å². The second-order valence-electron chi connectivity index (χ2n) is 6.23. The third-order valence-electron chi connectivity index (χ3n) is 3.34. The van der Waals surface area contributed by atoms with Crippen molar-refractivity contribution in [3.8, 4) is 11.5 Å². The standard InChI is InChI=1S/C19H22O5/c1-13(5-4-9-19(2,3)22)8-10-23-17-12-16-14(11-15(17)20)6-7-18(21)24-16/h4,6-9,11-12,20,22H,5,10H2,1-3H3/b9-4+,13-8+. The second kappa shape index (κ2) is 7.36. The predicted molar refractivity (Wildman–Crippen MR) is 93.5 cm³/mol. The zero-order valence-corrected chi connectivity index (χ0v) is 14.1. The van der Waals surface area contributed by atoms with E-state index in [1.807, 2.05) is 19.1 Å². The van der Waals surface area contributed by atoms with E-state index in [-0.39, 0.29) is 18.1 Å². The van der Waals surface area contributed by atoms with Crippen molar-refractivity contribution < 1.29 is 19.4 Å². The number of rotatable bonds is 6. The van der Waals surface area contributed by atoms with E-state index in [1.165, 1.54) is 18.2 Å². The lowest BCUT2D eigenvalue weighted by Gasteiger charge is -2.10. The van der Waals surface area contributed by atoms with Crippen LogP contribution in [0.1, 0.15) is 27.2 Å². The fourth-order valence-corrected chi connectivity index (χ4v) is 2.09. The zero-order valence-electron chi connectivity index (χ0n) is 14.1. The highest BCUT2D eigenvalue weighted by atomic mass is 16.5. The summed E-state index contributed by atoms with van der Waals surface area (Å²) in [4.78, 5) is 11.3. The van der Waals surface area contributed by atoms with Gasteiger partial charge >= 0.3 is 5.63 Å². The van der Waals surface area contributed by atoms with E-state index in [1.54, 1.807) is 26.0 Å². The number of ether oxygens (including phenoxy) is 1. The van der Waals surface area contributed by atoms with Gasteiger partial charge < -0.3 is 19.4 Å². The Labute approximate surface area is 140 Å².